The molecule has 0 aliphatic heterocycles. The van der Waals surface area contributed by atoms with Crippen molar-refractivity contribution < 1.29 is 4.39 Å². The molecule has 0 radical (unpaired) electrons. The number of unbranched alkanes of at least 4 members (excludes halogenated alkanes) is 2. The first-order chi connectivity index (χ1) is 14.7. The van der Waals surface area contributed by atoms with Gasteiger partial charge >= 0.3 is 0 Å². The van der Waals surface area contributed by atoms with Gasteiger partial charge in [-0.05, 0) is 41.2 Å². The van der Waals surface area contributed by atoms with Crippen molar-refractivity contribution in [1.29, 1.82) is 0 Å². The lowest BCUT2D eigenvalue weighted by Gasteiger charge is -2.28. The van der Waals surface area contributed by atoms with Gasteiger partial charge in [-0.15, -0.1) is 0 Å². The molecule has 0 spiro atoms. The molecule has 0 amide bonds. The summed E-state index contributed by atoms with van der Waals surface area (Å²) in [6.45, 7) is 2.29. The minimum atomic E-state index is -0.105. The fourth-order valence-electron chi connectivity index (χ4n) is 5.20. The monoisotopic (exact) mass is 402 g/mol. The Morgan fingerprint density at radius 2 is 1.53 bits per heavy atom. The number of hydrogen-bond donors (Lipinski definition) is 0. The van der Waals surface area contributed by atoms with E-state index in [-0.39, 0.29) is 5.82 Å². The van der Waals surface area contributed by atoms with Crippen LogP contribution in [0.5, 0.6) is 0 Å². The van der Waals surface area contributed by atoms with Crippen LogP contribution in [0.1, 0.15) is 70.3 Å². The Kier molecular flexibility index (Phi) is 7.20. The number of fused-ring (bicyclic) bond motifs is 1. The maximum absolute atomic E-state index is 15.1. The standard InChI is InChI=1S/C29H35F/c1-2-3-5-8-22-11-13-23(14-12-22)15-16-24-17-19-28-26(21-24)18-20-27(29(28)30)25-9-6-4-7-10-25/h4,6-7,9-10,17-23H,2-3,5,8,11-16H2,1H3. The van der Waals surface area contributed by atoms with E-state index in [0.717, 1.165) is 34.6 Å². The Bertz CT molecular complexity index is 935. The lowest BCUT2D eigenvalue weighted by atomic mass is 9.77. The second kappa shape index (κ2) is 10.2. The molecule has 0 atom stereocenters. The van der Waals surface area contributed by atoms with E-state index in [4.69, 9.17) is 0 Å². The molecule has 3 aromatic rings. The minimum Gasteiger partial charge on any atom is -0.206 e. The molecule has 0 unspecified atom stereocenters. The smallest absolute Gasteiger partial charge is 0.138 e. The van der Waals surface area contributed by atoms with Crippen molar-refractivity contribution in [2.75, 3.05) is 0 Å². The van der Waals surface area contributed by atoms with Crippen molar-refractivity contribution in [2.45, 2.75) is 71.1 Å². The van der Waals surface area contributed by atoms with Crippen LogP contribution in [0.4, 0.5) is 4.39 Å². The number of hydrogen-bond acceptors (Lipinski definition) is 0. The van der Waals surface area contributed by atoms with Crippen molar-refractivity contribution >= 4 is 10.8 Å². The zero-order valence-corrected chi connectivity index (χ0v) is 18.4. The topological polar surface area (TPSA) is 0 Å². The summed E-state index contributed by atoms with van der Waals surface area (Å²) >= 11 is 0. The highest BCUT2D eigenvalue weighted by molar-refractivity contribution is 5.88. The summed E-state index contributed by atoms with van der Waals surface area (Å²) in [5.74, 6) is 1.75. The molecule has 0 saturated heterocycles. The van der Waals surface area contributed by atoms with Crippen LogP contribution in [-0.2, 0) is 6.42 Å². The predicted molar refractivity (Wildman–Crippen MR) is 127 cm³/mol. The van der Waals surface area contributed by atoms with Crippen LogP contribution in [0.25, 0.3) is 21.9 Å². The first-order valence-corrected chi connectivity index (χ1v) is 12.0. The van der Waals surface area contributed by atoms with Gasteiger partial charge in [-0.1, -0.05) is 119 Å². The Morgan fingerprint density at radius 3 is 2.27 bits per heavy atom. The summed E-state index contributed by atoms with van der Waals surface area (Å²) in [4.78, 5) is 0. The molecule has 30 heavy (non-hydrogen) atoms. The quantitative estimate of drug-likeness (QED) is 0.330. The second-order valence-corrected chi connectivity index (χ2v) is 9.27. The highest BCUT2D eigenvalue weighted by atomic mass is 19.1. The first-order valence-electron chi connectivity index (χ1n) is 12.0. The van der Waals surface area contributed by atoms with Gasteiger partial charge in [0.15, 0.2) is 0 Å². The van der Waals surface area contributed by atoms with Crippen LogP contribution in [0.15, 0.2) is 60.7 Å². The molecule has 1 saturated carbocycles. The molecule has 0 N–H and O–H groups in total. The fraction of sp³-hybridized carbons (Fsp3) is 0.448. The van der Waals surface area contributed by atoms with E-state index >= 15 is 4.39 Å². The van der Waals surface area contributed by atoms with E-state index in [2.05, 4.69) is 25.1 Å². The minimum absolute atomic E-state index is 0.105. The number of aryl methyl sites for hydroxylation is 1. The zero-order valence-electron chi connectivity index (χ0n) is 18.4. The second-order valence-electron chi connectivity index (χ2n) is 9.27. The number of benzene rings is 3. The van der Waals surface area contributed by atoms with Gasteiger partial charge in [-0.25, -0.2) is 4.39 Å². The summed E-state index contributed by atoms with van der Waals surface area (Å²) in [5, 5.41) is 1.75. The normalized spacial score (nSPS) is 19.3. The predicted octanol–water partition coefficient (Wildman–Crippen LogP) is 8.97. The van der Waals surface area contributed by atoms with Crippen molar-refractivity contribution in [1.82, 2.24) is 0 Å². The molecular weight excluding hydrogens is 367 g/mol. The van der Waals surface area contributed by atoms with Gasteiger partial charge in [0.05, 0.1) is 0 Å². The summed E-state index contributed by atoms with van der Waals surface area (Å²) in [7, 11) is 0. The third kappa shape index (κ3) is 5.12. The SMILES string of the molecule is CCCCCC1CCC(CCc2ccc3c(F)c(-c4ccccc4)ccc3c2)CC1. The lowest BCUT2D eigenvalue weighted by molar-refractivity contribution is 0.249. The Balaban J connectivity index is 1.36. The summed E-state index contributed by atoms with van der Waals surface area (Å²) < 4.78 is 15.1. The van der Waals surface area contributed by atoms with Crippen LogP contribution in [-0.4, -0.2) is 0 Å². The molecule has 0 heterocycles. The van der Waals surface area contributed by atoms with Crippen LogP contribution in [0.2, 0.25) is 0 Å². The van der Waals surface area contributed by atoms with Crippen LogP contribution in [0, 0.1) is 17.7 Å². The van der Waals surface area contributed by atoms with Gasteiger partial charge in [0, 0.05) is 10.9 Å². The van der Waals surface area contributed by atoms with Gasteiger partial charge < -0.3 is 0 Å². The van der Waals surface area contributed by atoms with Gasteiger partial charge in [-0.3, -0.25) is 0 Å². The van der Waals surface area contributed by atoms with Crippen LogP contribution >= 0.6 is 0 Å². The summed E-state index contributed by atoms with van der Waals surface area (Å²) in [6.07, 6.45) is 13.7. The number of rotatable bonds is 8. The molecule has 3 aromatic carbocycles. The van der Waals surface area contributed by atoms with Gasteiger partial charge in [0.2, 0.25) is 0 Å². The third-order valence-corrected chi connectivity index (χ3v) is 7.13. The molecule has 4 rings (SSSR count). The molecule has 0 nitrogen and oxygen atoms in total. The molecule has 1 aliphatic carbocycles. The van der Waals surface area contributed by atoms with E-state index in [1.807, 2.05) is 42.5 Å². The van der Waals surface area contributed by atoms with E-state index in [9.17, 15) is 0 Å². The van der Waals surface area contributed by atoms with Gasteiger partial charge in [-0.2, -0.15) is 0 Å². The fourth-order valence-corrected chi connectivity index (χ4v) is 5.20. The molecule has 1 heteroatoms. The van der Waals surface area contributed by atoms with E-state index < -0.39 is 0 Å². The molecule has 158 valence electrons. The van der Waals surface area contributed by atoms with Gasteiger partial charge in [0.25, 0.3) is 0 Å². The maximum Gasteiger partial charge on any atom is 0.138 e. The zero-order chi connectivity index (χ0) is 20.8. The third-order valence-electron chi connectivity index (χ3n) is 7.13. The van der Waals surface area contributed by atoms with Crippen LogP contribution in [0.3, 0.4) is 0 Å². The van der Waals surface area contributed by atoms with Crippen molar-refractivity contribution in [3.63, 3.8) is 0 Å². The Morgan fingerprint density at radius 1 is 0.800 bits per heavy atom. The summed E-state index contributed by atoms with van der Waals surface area (Å²) in [5.41, 5.74) is 2.97. The molecule has 1 fully saturated rings. The van der Waals surface area contributed by atoms with Gasteiger partial charge in [0.1, 0.15) is 5.82 Å². The highest BCUT2D eigenvalue weighted by Crippen LogP contribution is 2.35. The average molecular weight is 403 g/mol. The van der Waals surface area contributed by atoms with Crippen molar-refractivity contribution in [3.05, 3.63) is 72.0 Å². The van der Waals surface area contributed by atoms with Crippen molar-refractivity contribution in [2.24, 2.45) is 11.8 Å². The maximum atomic E-state index is 15.1. The molecule has 0 bridgehead atoms. The largest absolute Gasteiger partial charge is 0.206 e. The molecule has 1 aliphatic rings. The van der Waals surface area contributed by atoms with Crippen LogP contribution < -0.4 is 0 Å². The number of halogens is 1. The molecular formula is C29H35F. The van der Waals surface area contributed by atoms with Crippen molar-refractivity contribution in [3.8, 4) is 11.1 Å². The lowest BCUT2D eigenvalue weighted by Crippen LogP contribution is -2.15. The van der Waals surface area contributed by atoms with E-state index in [0.29, 0.717) is 5.56 Å². The van der Waals surface area contributed by atoms with E-state index in [1.165, 1.54) is 63.4 Å². The average Bonchev–Trinajstić information content (AvgIpc) is 2.79. The molecule has 0 aromatic heterocycles. The van der Waals surface area contributed by atoms with E-state index in [1.54, 1.807) is 0 Å². The summed E-state index contributed by atoms with van der Waals surface area (Å²) in [6, 6.07) is 20.1. The Labute approximate surface area is 181 Å². The Hall–Kier alpha value is -2.15. The highest BCUT2D eigenvalue weighted by Gasteiger charge is 2.20. The first kappa shape index (κ1) is 21.1.